The van der Waals surface area contributed by atoms with Crippen molar-refractivity contribution >= 4 is 17.5 Å². The van der Waals surface area contributed by atoms with E-state index in [1.807, 2.05) is 38.1 Å². The topological polar surface area (TPSA) is 81.1 Å². The van der Waals surface area contributed by atoms with Gasteiger partial charge in [0.15, 0.2) is 5.69 Å². The van der Waals surface area contributed by atoms with Crippen molar-refractivity contribution in [1.82, 2.24) is 10.3 Å². The van der Waals surface area contributed by atoms with Crippen LogP contribution in [0, 0.1) is 5.92 Å². The summed E-state index contributed by atoms with van der Waals surface area (Å²) in [5.41, 5.74) is 7.25. The van der Waals surface area contributed by atoms with Crippen LogP contribution in [-0.4, -0.2) is 17.4 Å². The Morgan fingerprint density at radius 2 is 2.23 bits per heavy atom. The second-order valence-electron chi connectivity index (χ2n) is 5.48. The molecule has 0 radical (unpaired) electrons. The Bertz CT molecular complexity index is 640. The lowest BCUT2D eigenvalue weighted by atomic mass is 10.1. The van der Waals surface area contributed by atoms with Crippen LogP contribution in [0.5, 0.6) is 0 Å². The van der Waals surface area contributed by atoms with Crippen LogP contribution in [0.4, 0.5) is 0 Å². The molecule has 2 aromatic rings. The van der Waals surface area contributed by atoms with Crippen molar-refractivity contribution in [2.75, 3.05) is 6.54 Å². The first-order valence-corrected chi connectivity index (χ1v) is 7.59. The smallest absolute Gasteiger partial charge is 0.273 e. The number of benzene rings is 1. The molecule has 1 aromatic heterocycles. The van der Waals surface area contributed by atoms with E-state index in [-0.39, 0.29) is 23.6 Å². The minimum atomic E-state index is -0.312. The summed E-state index contributed by atoms with van der Waals surface area (Å²) >= 11 is 5.92. The maximum absolute atomic E-state index is 12.0. The van der Waals surface area contributed by atoms with Gasteiger partial charge in [-0.25, -0.2) is 4.98 Å². The number of hydrogen-bond acceptors (Lipinski definition) is 4. The highest BCUT2D eigenvalue weighted by Crippen LogP contribution is 2.18. The molecule has 0 aliphatic carbocycles. The number of nitrogens with one attached hydrogen (secondary N) is 1. The molecule has 1 heterocycles. The van der Waals surface area contributed by atoms with Crippen LogP contribution in [-0.2, 0) is 6.42 Å². The monoisotopic (exact) mass is 321 g/mol. The van der Waals surface area contributed by atoms with Crippen LogP contribution in [0.15, 0.2) is 34.9 Å². The number of oxazole rings is 1. The van der Waals surface area contributed by atoms with Crippen molar-refractivity contribution in [2.24, 2.45) is 11.7 Å². The van der Waals surface area contributed by atoms with Crippen LogP contribution < -0.4 is 11.1 Å². The number of halogens is 1. The van der Waals surface area contributed by atoms with Crippen LogP contribution in [0.1, 0.15) is 41.8 Å². The van der Waals surface area contributed by atoms with Crippen molar-refractivity contribution < 1.29 is 9.21 Å². The van der Waals surface area contributed by atoms with Gasteiger partial charge in [-0.1, -0.05) is 37.6 Å². The second kappa shape index (κ2) is 7.42. The van der Waals surface area contributed by atoms with Crippen molar-refractivity contribution in [2.45, 2.75) is 26.3 Å². The molecule has 5 nitrogen and oxygen atoms in total. The van der Waals surface area contributed by atoms with Crippen molar-refractivity contribution in [3.63, 3.8) is 0 Å². The molecule has 3 N–H and O–H groups in total. The van der Waals surface area contributed by atoms with Gasteiger partial charge in [-0.15, -0.1) is 0 Å². The Kier molecular flexibility index (Phi) is 5.57. The zero-order valence-electron chi connectivity index (χ0n) is 12.7. The van der Waals surface area contributed by atoms with E-state index < -0.39 is 0 Å². The van der Waals surface area contributed by atoms with E-state index in [2.05, 4.69) is 10.3 Å². The normalized spacial score (nSPS) is 12.4. The molecule has 22 heavy (non-hydrogen) atoms. The molecule has 0 saturated carbocycles. The largest absolute Gasteiger partial charge is 0.446 e. The number of amides is 1. The average molecular weight is 322 g/mol. The zero-order chi connectivity index (χ0) is 16.1. The van der Waals surface area contributed by atoms with Crippen LogP contribution >= 0.6 is 11.6 Å². The number of carbonyl (C=O) groups is 1. The first kappa shape index (κ1) is 16.5. The number of nitrogens with two attached hydrogens (primary N) is 1. The number of rotatable bonds is 6. The first-order chi connectivity index (χ1) is 10.5. The molecule has 118 valence electrons. The van der Waals surface area contributed by atoms with Crippen LogP contribution in [0.2, 0.25) is 5.02 Å². The predicted molar refractivity (Wildman–Crippen MR) is 85.8 cm³/mol. The van der Waals surface area contributed by atoms with Gasteiger partial charge in [-0.3, -0.25) is 4.79 Å². The van der Waals surface area contributed by atoms with Gasteiger partial charge < -0.3 is 15.5 Å². The minimum absolute atomic E-state index is 0.192. The molecule has 0 bridgehead atoms. The SMILES string of the molecule is CC(C)C(N)c1nc(C(=O)NCCc2cccc(Cl)c2)co1. The molecule has 0 spiro atoms. The summed E-state index contributed by atoms with van der Waals surface area (Å²) in [6.07, 6.45) is 2.04. The fourth-order valence-electron chi connectivity index (χ4n) is 1.93. The Morgan fingerprint density at radius 1 is 1.45 bits per heavy atom. The van der Waals surface area contributed by atoms with E-state index in [1.165, 1.54) is 6.26 Å². The van der Waals surface area contributed by atoms with E-state index in [4.69, 9.17) is 21.8 Å². The Hall–Kier alpha value is -1.85. The summed E-state index contributed by atoms with van der Waals surface area (Å²) < 4.78 is 5.27. The highest BCUT2D eigenvalue weighted by Gasteiger charge is 2.19. The molecule has 0 saturated heterocycles. The van der Waals surface area contributed by atoms with Crippen molar-refractivity contribution in [3.8, 4) is 0 Å². The predicted octanol–water partition coefficient (Wildman–Crippen LogP) is 2.96. The Labute approximate surface area is 134 Å². The number of aromatic nitrogens is 1. The fourth-order valence-corrected chi connectivity index (χ4v) is 2.15. The minimum Gasteiger partial charge on any atom is -0.446 e. The third-order valence-electron chi connectivity index (χ3n) is 3.35. The standard InChI is InChI=1S/C16H20ClN3O2/c1-10(2)14(18)16-20-13(9-22-16)15(21)19-7-6-11-4-3-5-12(17)8-11/h3-5,8-10,14H,6-7,18H2,1-2H3,(H,19,21). The van der Waals surface area contributed by atoms with Gasteiger partial charge in [0, 0.05) is 11.6 Å². The highest BCUT2D eigenvalue weighted by molar-refractivity contribution is 6.30. The lowest BCUT2D eigenvalue weighted by Crippen LogP contribution is -2.26. The molecule has 1 amide bonds. The van der Waals surface area contributed by atoms with Gasteiger partial charge >= 0.3 is 0 Å². The third kappa shape index (κ3) is 4.32. The van der Waals surface area contributed by atoms with Crippen LogP contribution in [0.25, 0.3) is 0 Å². The average Bonchev–Trinajstić information content (AvgIpc) is 2.96. The van der Waals surface area contributed by atoms with Gasteiger partial charge in [0.2, 0.25) is 5.89 Å². The van der Waals surface area contributed by atoms with E-state index >= 15 is 0 Å². The molecular weight excluding hydrogens is 302 g/mol. The highest BCUT2D eigenvalue weighted by atomic mass is 35.5. The van der Waals surface area contributed by atoms with Gasteiger partial charge in [-0.05, 0) is 30.0 Å². The molecule has 0 aliphatic heterocycles. The number of carbonyl (C=O) groups excluding carboxylic acids is 1. The zero-order valence-corrected chi connectivity index (χ0v) is 13.4. The summed E-state index contributed by atoms with van der Waals surface area (Å²) in [5, 5.41) is 3.49. The third-order valence-corrected chi connectivity index (χ3v) is 3.58. The molecule has 0 aliphatic rings. The summed E-state index contributed by atoms with van der Waals surface area (Å²) in [7, 11) is 0. The van der Waals surface area contributed by atoms with E-state index in [1.54, 1.807) is 0 Å². The maximum Gasteiger partial charge on any atom is 0.273 e. The first-order valence-electron chi connectivity index (χ1n) is 7.21. The van der Waals surface area contributed by atoms with E-state index in [9.17, 15) is 4.79 Å². The maximum atomic E-state index is 12.0. The van der Waals surface area contributed by atoms with E-state index in [0.29, 0.717) is 23.9 Å². The van der Waals surface area contributed by atoms with Gasteiger partial charge in [-0.2, -0.15) is 0 Å². The number of nitrogens with zero attached hydrogens (tertiary/aromatic N) is 1. The quantitative estimate of drug-likeness (QED) is 0.857. The van der Waals surface area contributed by atoms with Gasteiger partial charge in [0.1, 0.15) is 6.26 Å². The number of hydrogen-bond donors (Lipinski definition) is 2. The summed E-state index contributed by atoms with van der Waals surface area (Å²) in [4.78, 5) is 16.2. The Morgan fingerprint density at radius 3 is 2.91 bits per heavy atom. The van der Waals surface area contributed by atoms with Crippen molar-refractivity contribution in [1.29, 1.82) is 0 Å². The molecule has 1 aromatic carbocycles. The lowest BCUT2D eigenvalue weighted by molar-refractivity contribution is 0.0949. The summed E-state index contributed by atoms with van der Waals surface area (Å²) in [6.45, 7) is 4.44. The van der Waals surface area contributed by atoms with Gasteiger partial charge in [0.05, 0.1) is 6.04 Å². The molecular formula is C16H20ClN3O2. The fraction of sp³-hybridized carbons (Fsp3) is 0.375. The van der Waals surface area contributed by atoms with Crippen LogP contribution in [0.3, 0.4) is 0 Å². The molecule has 6 heteroatoms. The molecule has 1 atom stereocenters. The lowest BCUT2D eigenvalue weighted by Gasteiger charge is -2.10. The summed E-state index contributed by atoms with van der Waals surface area (Å²) in [5.74, 6) is 0.306. The molecule has 0 fully saturated rings. The second-order valence-corrected chi connectivity index (χ2v) is 5.91. The Balaban J connectivity index is 1.87. The van der Waals surface area contributed by atoms with Gasteiger partial charge in [0.25, 0.3) is 5.91 Å². The molecule has 2 rings (SSSR count). The summed E-state index contributed by atoms with van der Waals surface area (Å²) in [6, 6.07) is 7.24. The molecule has 1 unspecified atom stereocenters. The van der Waals surface area contributed by atoms with Crippen molar-refractivity contribution in [3.05, 3.63) is 52.7 Å². The van der Waals surface area contributed by atoms with E-state index in [0.717, 1.165) is 5.56 Å².